The van der Waals surface area contributed by atoms with E-state index in [2.05, 4.69) is 293 Å². The quantitative estimate of drug-likeness (QED) is 0.135. The SMILES string of the molecule is C[C](=[TlH])c1c(C)n(C2=CC(n3c4ccccc4c4c5c(ccc43)c3ccccc3n5-c3cc(-c4ccccc4)nc(-c4ccccc4)c3)CC=C2)c2cc3c4ccccc4n(-c4cc(-c5ccccc5)nc(-c5ccccc5)c4)c3cc12. The summed E-state index contributed by atoms with van der Waals surface area (Å²) in [4.78, 5) is 10.6. The van der Waals surface area contributed by atoms with Gasteiger partial charge in [0.05, 0.1) is 22.6 Å². The summed E-state index contributed by atoms with van der Waals surface area (Å²) in [6, 6.07) is 88.0. The second-order valence-corrected chi connectivity index (χ2v) is 26.0. The molecule has 1 atom stereocenters. The third-order valence-electron chi connectivity index (χ3n) is 17.0. The fraction of sp³-hybridized carbons (Fsp3) is 0.0533. The van der Waals surface area contributed by atoms with Gasteiger partial charge >= 0.3 is 340 Å². The van der Waals surface area contributed by atoms with Crippen LogP contribution in [0.3, 0.4) is 0 Å². The van der Waals surface area contributed by atoms with Gasteiger partial charge in [-0.25, -0.2) is 4.98 Å². The predicted molar refractivity (Wildman–Crippen MR) is 346 cm³/mol. The number of aromatic nitrogens is 6. The first-order chi connectivity index (χ1) is 40.4. The van der Waals surface area contributed by atoms with Gasteiger partial charge in [0, 0.05) is 16.5 Å². The number of nitrogens with zero attached hydrogens (tertiary/aromatic N) is 6. The molecule has 0 fully saturated rings. The Morgan fingerprint density at radius 3 is 1.41 bits per heavy atom. The molecule has 15 aromatic rings. The van der Waals surface area contributed by atoms with Crippen LogP contribution in [0, 0.1) is 6.92 Å². The minimum atomic E-state index is 0.0352. The van der Waals surface area contributed by atoms with Gasteiger partial charge in [-0.2, -0.15) is 0 Å². The second-order valence-electron chi connectivity index (χ2n) is 21.9. The van der Waals surface area contributed by atoms with Crippen LogP contribution in [0.4, 0.5) is 0 Å². The van der Waals surface area contributed by atoms with Gasteiger partial charge in [0.15, 0.2) is 0 Å². The minimum absolute atomic E-state index is 0.0352. The zero-order chi connectivity index (χ0) is 54.6. The zero-order valence-corrected chi connectivity index (χ0v) is 51.0. The van der Waals surface area contributed by atoms with E-state index < -0.39 is 0 Å². The van der Waals surface area contributed by atoms with E-state index in [9.17, 15) is 0 Å². The summed E-state index contributed by atoms with van der Waals surface area (Å²) in [5, 5.41) is 8.68. The van der Waals surface area contributed by atoms with Gasteiger partial charge < -0.3 is 0 Å². The van der Waals surface area contributed by atoms with Crippen LogP contribution in [0.2, 0.25) is 0 Å². The van der Waals surface area contributed by atoms with Crippen molar-refractivity contribution >= 4 is 110 Å². The van der Waals surface area contributed by atoms with Gasteiger partial charge in [-0.15, -0.1) is 0 Å². The van der Waals surface area contributed by atoms with Crippen molar-refractivity contribution < 1.29 is 0 Å². The second kappa shape index (κ2) is 19.4. The third kappa shape index (κ3) is 7.68. The summed E-state index contributed by atoms with van der Waals surface area (Å²) in [7, 11) is 0. The molecule has 0 amide bonds. The number of allylic oxidation sites excluding steroid dienone is 4. The summed E-state index contributed by atoms with van der Waals surface area (Å²) < 4.78 is 11.6. The van der Waals surface area contributed by atoms with Crippen molar-refractivity contribution in [1.82, 2.24) is 28.2 Å². The summed E-state index contributed by atoms with van der Waals surface area (Å²) in [6.45, 7) is 4.68. The molecule has 9 aromatic carbocycles. The summed E-state index contributed by atoms with van der Waals surface area (Å²) in [5.41, 5.74) is 22.5. The van der Waals surface area contributed by atoms with Crippen molar-refractivity contribution in [3.63, 3.8) is 0 Å². The van der Waals surface area contributed by atoms with Crippen LogP contribution in [0.25, 0.3) is 138 Å². The maximum absolute atomic E-state index is 5.32. The molecule has 0 saturated carbocycles. The molecular formula is C75H53N6Tl. The van der Waals surface area contributed by atoms with Crippen molar-refractivity contribution in [2.45, 2.75) is 26.3 Å². The Morgan fingerprint density at radius 2 is 0.866 bits per heavy atom. The Labute approximate surface area is 490 Å². The van der Waals surface area contributed by atoms with E-state index in [-0.39, 0.29) is 6.04 Å². The molecule has 7 heteroatoms. The van der Waals surface area contributed by atoms with Crippen molar-refractivity contribution in [2.75, 3.05) is 0 Å². The van der Waals surface area contributed by atoms with E-state index in [0.717, 1.165) is 62.8 Å². The molecule has 0 spiro atoms. The van der Waals surface area contributed by atoms with Crippen molar-refractivity contribution in [3.8, 4) is 56.4 Å². The zero-order valence-electron chi connectivity index (χ0n) is 45.5. The van der Waals surface area contributed by atoms with Crippen LogP contribution in [0.5, 0.6) is 0 Å². The number of benzene rings is 9. The average Bonchev–Trinajstić information content (AvgIpc) is 4.03. The summed E-state index contributed by atoms with van der Waals surface area (Å²) in [6.07, 6.45) is 8.17. The molecule has 0 N–H and O–H groups in total. The fourth-order valence-electron chi connectivity index (χ4n) is 13.5. The van der Waals surface area contributed by atoms with Gasteiger partial charge in [-0.3, -0.25) is 0 Å². The molecule has 0 radical (unpaired) electrons. The fourth-order valence-corrected chi connectivity index (χ4v) is 15.2. The monoisotopic (exact) mass is 1240 g/mol. The van der Waals surface area contributed by atoms with Crippen LogP contribution in [-0.4, -0.2) is 56.6 Å². The summed E-state index contributed by atoms with van der Waals surface area (Å²) >= 11 is 0.403. The Balaban J connectivity index is 0.900. The van der Waals surface area contributed by atoms with Crippen LogP contribution in [0.15, 0.2) is 261 Å². The summed E-state index contributed by atoms with van der Waals surface area (Å²) in [5.74, 6) is 0. The van der Waals surface area contributed by atoms with Crippen LogP contribution >= 0.6 is 0 Å². The molecule has 0 saturated heterocycles. The average molecular weight is 1240 g/mol. The molecular weight excluding hydrogens is 1190 g/mol. The molecule has 1 unspecified atom stereocenters. The Hall–Kier alpha value is -9.51. The number of fused-ring (bicyclic) bond motifs is 11. The number of pyridine rings is 2. The topological polar surface area (TPSA) is 45.5 Å². The van der Waals surface area contributed by atoms with E-state index in [1.807, 2.05) is 0 Å². The standard InChI is InChI=1S/C75H52N6.Tl.H/c1-3-57-48(2)78(72-47-63-59-34-17-19-36-68(59)80(73(63)46-62(57)72)55-42-64(49-23-8-4-9-24-49)76-65(43-55)50-25-10-5-11-26-50)53-31-22-32-54(41-53)79-70-38-21-18-35-61(70)74-71(79)40-39-60-58-33-16-20-37-69(58)81(75(60)74)56-44-66(51-27-12-6-13-28-51)77-67(45-56)52-29-14-7-15-30-52;;/h4-31,33-47,54H,32H2,1-2H3;;. The predicted octanol–water partition coefficient (Wildman–Crippen LogP) is 18.2. The molecule has 6 aromatic heterocycles. The molecule has 0 bridgehead atoms. The Bertz CT molecular complexity index is 5040. The number of hydrogen-bond acceptors (Lipinski definition) is 2. The van der Waals surface area contributed by atoms with Crippen molar-refractivity contribution in [3.05, 3.63) is 272 Å². The van der Waals surface area contributed by atoms with E-state index in [1.54, 1.807) is 0 Å². The van der Waals surface area contributed by atoms with Crippen LogP contribution in [-0.2, 0) is 0 Å². The molecule has 16 rings (SSSR count). The molecule has 386 valence electrons. The maximum atomic E-state index is 5.32. The van der Waals surface area contributed by atoms with Gasteiger partial charge in [-0.05, 0) is 18.2 Å². The van der Waals surface area contributed by atoms with E-state index in [0.29, 0.717) is 25.3 Å². The van der Waals surface area contributed by atoms with Crippen LogP contribution < -0.4 is 0 Å². The van der Waals surface area contributed by atoms with E-state index >= 15 is 0 Å². The first kappa shape index (κ1) is 48.4. The molecule has 1 aliphatic carbocycles. The number of para-hydroxylation sites is 3. The molecule has 6 heterocycles. The molecule has 0 aliphatic heterocycles. The van der Waals surface area contributed by atoms with Gasteiger partial charge in [-0.1, -0.05) is 91.0 Å². The number of rotatable bonds is 9. The van der Waals surface area contributed by atoms with E-state index in [1.165, 1.54) is 96.3 Å². The van der Waals surface area contributed by atoms with Crippen molar-refractivity contribution in [2.24, 2.45) is 0 Å². The van der Waals surface area contributed by atoms with Gasteiger partial charge in [0.1, 0.15) is 0 Å². The first-order valence-electron chi connectivity index (χ1n) is 28.3. The van der Waals surface area contributed by atoms with Crippen LogP contribution in [0.1, 0.15) is 30.6 Å². The third-order valence-corrected chi connectivity index (χ3v) is 18.3. The normalized spacial score (nSPS) is 13.6. The number of hydrogen-bond donors (Lipinski definition) is 0. The van der Waals surface area contributed by atoms with E-state index in [4.69, 9.17) is 9.97 Å². The Kier molecular flexibility index (Phi) is 11.4. The van der Waals surface area contributed by atoms with Gasteiger partial charge in [0.2, 0.25) is 0 Å². The van der Waals surface area contributed by atoms with Crippen molar-refractivity contribution in [1.29, 1.82) is 0 Å². The van der Waals surface area contributed by atoms with Gasteiger partial charge in [0.25, 0.3) is 0 Å². The molecule has 1 aliphatic rings. The first-order valence-corrected chi connectivity index (χ1v) is 31.0. The molecule has 6 nitrogen and oxygen atoms in total. The molecule has 82 heavy (non-hydrogen) atoms. The Morgan fingerprint density at radius 1 is 0.415 bits per heavy atom.